The second-order valence-corrected chi connectivity index (χ2v) is 8.53. The summed E-state index contributed by atoms with van der Waals surface area (Å²) in [6, 6.07) is 12.5. The Labute approximate surface area is 169 Å². The van der Waals surface area contributed by atoms with Gasteiger partial charge in [-0.2, -0.15) is 0 Å². The number of imidazole rings is 1. The van der Waals surface area contributed by atoms with E-state index in [9.17, 15) is 0 Å². The van der Waals surface area contributed by atoms with E-state index in [2.05, 4.69) is 59.9 Å². The van der Waals surface area contributed by atoms with Crippen molar-refractivity contribution in [2.45, 2.75) is 38.8 Å². The zero-order valence-electron chi connectivity index (χ0n) is 16.9. The lowest BCUT2D eigenvalue weighted by atomic mass is 9.86. The zero-order chi connectivity index (χ0) is 20.2. The first-order valence-electron chi connectivity index (χ1n) is 9.92. The molecule has 3 heterocycles. The second kappa shape index (κ2) is 6.40. The molecule has 2 aliphatic heterocycles. The number of aliphatic imine (C=N–C) groups is 1. The van der Waals surface area contributed by atoms with Crippen LogP contribution in [-0.2, 0) is 5.41 Å². The molecule has 0 bridgehead atoms. The van der Waals surface area contributed by atoms with Gasteiger partial charge in [0.05, 0.1) is 24.2 Å². The van der Waals surface area contributed by atoms with Crippen molar-refractivity contribution in [2.24, 2.45) is 10.7 Å². The van der Waals surface area contributed by atoms with E-state index in [1.807, 2.05) is 12.1 Å². The normalized spacial score (nSPS) is 18.6. The number of rotatable bonds is 1. The minimum Gasteiger partial charge on any atom is -0.489 e. The summed E-state index contributed by atoms with van der Waals surface area (Å²) in [5.74, 6) is 2.48. The third-order valence-corrected chi connectivity index (χ3v) is 5.38. The van der Waals surface area contributed by atoms with Gasteiger partial charge in [0, 0.05) is 18.6 Å². The van der Waals surface area contributed by atoms with Gasteiger partial charge in [0.25, 0.3) is 0 Å². The zero-order valence-corrected chi connectivity index (χ0v) is 16.9. The van der Waals surface area contributed by atoms with Gasteiger partial charge in [0.2, 0.25) is 5.95 Å². The number of nitrogens with one attached hydrogen (secondary N) is 1. The highest BCUT2D eigenvalue weighted by molar-refractivity contribution is 5.95. The highest BCUT2D eigenvalue weighted by Gasteiger charge is 2.27. The number of hydrogen-bond acceptors (Lipinski definition) is 6. The molecule has 0 saturated carbocycles. The lowest BCUT2D eigenvalue weighted by Gasteiger charge is -2.25. The van der Waals surface area contributed by atoms with E-state index in [0.717, 1.165) is 34.5 Å². The van der Waals surface area contributed by atoms with Gasteiger partial charge >= 0.3 is 0 Å². The fourth-order valence-corrected chi connectivity index (χ4v) is 3.80. The summed E-state index contributed by atoms with van der Waals surface area (Å²) in [4.78, 5) is 9.40. The fourth-order valence-electron chi connectivity index (χ4n) is 3.80. The van der Waals surface area contributed by atoms with Crippen LogP contribution in [0.25, 0.3) is 11.0 Å². The van der Waals surface area contributed by atoms with E-state index in [-0.39, 0.29) is 11.6 Å². The molecule has 7 nitrogen and oxygen atoms in total. The Balaban J connectivity index is 1.64. The number of fused-ring (bicyclic) bond motifs is 4. The van der Waals surface area contributed by atoms with Crippen molar-refractivity contribution in [1.82, 2.24) is 9.55 Å². The van der Waals surface area contributed by atoms with Gasteiger partial charge in [0.15, 0.2) is 23.6 Å². The molecule has 3 N–H and O–H groups in total. The SMILES string of the molecule is CC(C)(C)c1ccc([C@@H]2N=C(N)Nc3nc4cc5c(cc4n32)OCCCO5)cc1. The summed E-state index contributed by atoms with van der Waals surface area (Å²) in [5, 5.41) is 3.09. The van der Waals surface area contributed by atoms with Crippen LogP contribution in [0.15, 0.2) is 41.4 Å². The lowest BCUT2D eigenvalue weighted by Crippen LogP contribution is -2.31. The van der Waals surface area contributed by atoms with Gasteiger partial charge in [-0.15, -0.1) is 0 Å². The second-order valence-electron chi connectivity index (χ2n) is 8.53. The maximum Gasteiger partial charge on any atom is 0.212 e. The molecule has 0 spiro atoms. The van der Waals surface area contributed by atoms with Gasteiger partial charge in [0.1, 0.15) is 0 Å². The van der Waals surface area contributed by atoms with Crippen LogP contribution in [0.4, 0.5) is 5.95 Å². The van der Waals surface area contributed by atoms with Crippen LogP contribution in [0.2, 0.25) is 0 Å². The average Bonchev–Trinajstić information content (AvgIpc) is 2.86. The van der Waals surface area contributed by atoms with E-state index in [1.54, 1.807) is 0 Å². The molecule has 0 fully saturated rings. The van der Waals surface area contributed by atoms with E-state index < -0.39 is 0 Å². The van der Waals surface area contributed by atoms with E-state index in [0.29, 0.717) is 25.1 Å². The van der Waals surface area contributed by atoms with E-state index >= 15 is 0 Å². The number of nitrogens with two attached hydrogens (primary N) is 1. The Morgan fingerprint density at radius 2 is 1.76 bits per heavy atom. The van der Waals surface area contributed by atoms with Crippen molar-refractivity contribution in [1.29, 1.82) is 0 Å². The molecule has 2 aliphatic rings. The summed E-state index contributed by atoms with van der Waals surface area (Å²) >= 11 is 0. The summed E-state index contributed by atoms with van der Waals surface area (Å²) in [7, 11) is 0. The number of benzene rings is 2. The Hall–Kier alpha value is -3.22. The third kappa shape index (κ3) is 3.06. The van der Waals surface area contributed by atoms with Crippen molar-refractivity contribution < 1.29 is 9.47 Å². The number of hydrogen-bond donors (Lipinski definition) is 2. The molecule has 7 heteroatoms. The van der Waals surface area contributed by atoms with Crippen molar-refractivity contribution in [3.63, 3.8) is 0 Å². The van der Waals surface area contributed by atoms with Gasteiger partial charge < -0.3 is 15.2 Å². The van der Waals surface area contributed by atoms with Crippen LogP contribution in [0.5, 0.6) is 11.5 Å². The van der Waals surface area contributed by atoms with Crippen LogP contribution in [0.3, 0.4) is 0 Å². The highest BCUT2D eigenvalue weighted by Crippen LogP contribution is 2.39. The summed E-state index contributed by atoms with van der Waals surface area (Å²) < 4.78 is 13.8. The Kier molecular flexibility index (Phi) is 3.94. The van der Waals surface area contributed by atoms with Gasteiger partial charge in [-0.25, -0.2) is 9.98 Å². The molecule has 0 amide bonds. The standard InChI is InChI=1S/C22H25N5O2/c1-22(2,3)14-7-5-13(6-8-14)19-25-20(23)26-21-24-15-11-17-18(12-16(15)27(19)21)29-10-4-9-28-17/h5-8,11-12,19H,4,9-10H2,1-3H3,(H3,23,24,25,26)/t19-/m1/s1. The number of anilines is 1. The van der Waals surface area contributed by atoms with Crippen LogP contribution in [0, 0.1) is 0 Å². The maximum absolute atomic E-state index is 6.08. The molecule has 3 aromatic rings. The average molecular weight is 391 g/mol. The first-order valence-corrected chi connectivity index (χ1v) is 9.92. The van der Waals surface area contributed by atoms with Crippen molar-refractivity contribution >= 4 is 22.9 Å². The predicted molar refractivity (Wildman–Crippen MR) is 114 cm³/mol. The smallest absolute Gasteiger partial charge is 0.212 e. The van der Waals surface area contributed by atoms with Crippen LogP contribution < -0.4 is 20.5 Å². The minimum atomic E-state index is -0.296. The topological polar surface area (TPSA) is 86.7 Å². The van der Waals surface area contributed by atoms with Crippen LogP contribution in [-0.4, -0.2) is 28.7 Å². The van der Waals surface area contributed by atoms with Gasteiger partial charge in [-0.05, 0) is 16.5 Å². The number of guanidine groups is 1. The third-order valence-electron chi connectivity index (χ3n) is 5.38. The first-order chi connectivity index (χ1) is 13.9. The minimum absolute atomic E-state index is 0.0940. The molecule has 5 rings (SSSR count). The van der Waals surface area contributed by atoms with Crippen molar-refractivity contribution in [3.05, 3.63) is 47.5 Å². The van der Waals surface area contributed by atoms with Crippen molar-refractivity contribution in [3.8, 4) is 11.5 Å². The molecule has 0 unspecified atom stereocenters. The molecule has 0 saturated heterocycles. The molecule has 29 heavy (non-hydrogen) atoms. The lowest BCUT2D eigenvalue weighted by molar-refractivity contribution is 0.297. The molecule has 0 aliphatic carbocycles. The quantitative estimate of drug-likeness (QED) is 0.659. The van der Waals surface area contributed by atoms with Crippen LogP contribution >= 0.6 is 0 Å². The van der Waals surface area contributed by atoms with Crippen molar-refractivity contribution in [2.75, 3.05) is 18.5 Å². The van der Waals surface area contributed by atoms with E-state index in [1.165, 1.54) is 5.56 Å². The summed E-state index contributed by atoms with van der Waals surface area (Å²) in [6.07, 6.45) is 0.568. The highest BCUT2D eigenvalue weighted by atomic mass is 16.5. The molecular formula is C22H25N5O2. The van der Waals surface area contributed by atoms with Crippen LogP contribution in [0.1, 0.15) is 44.5 Å². The number of aromatic nitrogens is 2. The Morgan fingerprint density at radius 1 is 1.07 bits per heavy atom. The molecule has 0 radical (unpaired) electrons. The van der Waals surface area contributed by atoms with Gasteiger partial charge in [-0.3, -0.25) is 9.88 Å². The Bertz CT molecular complexity index is 1110. The number of ether oxygens (including phenoxy) is 2. The van der Waals surface area contributed by atoms with E-state index in [4.69, 9.17) is 20.2 Å². The summed E-state index contributed by atoms with van der Waals surface area (Å²) in [6.45, 7) is 7.90. The molecule has 150 valence electrons. The van der Waals surface area contributed by atoms with Gasteiger partial charge in [-0.1, -0.05) is 45.0 Å². The predicted octanol–water partition coefficient (Wildman–Crippen LogP) is 3.78. The first kappa shape index (κ1) is 17.8. The monoisotopic (exact) mass is 391 g/mol. The molecule has 1 aromatic heterocycles. The summed E-state index contributed by atoms with van der Waals surface area (Å²) in [5.41, 5.74) is 10.2. The maximum atomic E-state index is 6.08. The molecule has 1 atom stereocenters. The molecular weight excluding hydrogens is 366 g/mol. The largest absolute Gasteiger partial charge is 0.489 e. The molecule has 2 aromatic carbocycles. The Morgan fingerprint density at radius 3 is 2.45 bits per heavy atom. The number of nitrogens with zero attached hydrogens (tertiary/aromatic N) is 3. The fraction of sp³-hybridized carbons (Fsp3) is 0.364.